The van der Waals surface area contributed by atoms with Crippen LogP contribution in [-0.4, -0.2) is 47.7 Å². The van der Waals surface area contributed by atoms with Crippen LogP contribution in [0.2, 0.25) is 0 Å². The molecular weight excluding hydrogens is 440 g/mol. The quantitative estimate of drug-likeness (QED) is 0.366. The van der Waals surface area contributed by atoms with E-state index in [9.17, 15) is 22.4 Å². The van der Waals surface area contributed by atoms with Gasteiger partial charge in [0.1, 0.15) is 11.6 Å². The average molecular weight is 466 g/mol. The molecule has 1 saturated heterocycles. The topological polar surface area (TPSA) is 107 Å². The number of carbonyl (C=O) groups excluding carboxylic acids is 1. The van der Waals surface area contributed by atoms with Crippen LogP contribution in [-0.2, 0) is 17.4 Å². The number of rotatable bonds is 7. The zero-order chi connectivity index (χ0) is 24.2. The van der Waals surface area contributed by atoms with E-state index in [0.717, 1.165) is 42.4 Å². The third-order valence-electron chi connectivity index (χ3n) is 5.54. The van der Waals surface area contributed by atoms with Crippen molar-refractivity contribution in [1.82, 2.24) is 9.88 Å². The number of benzene rings is 1. The fraction of sp³-hybridized carbons (Fsp3) is 0.409. The van der Waals surface area contributed by atoms with E-state index in [-0.39, 0.29) is 30.0 Å². The molecule has 5 N–H and O–H groups in total. The number of alkyl halides is 3. The lowest BCUT2D eigenvalue weighted by Crippen LogP contribution is -2.47. The van der Waals surface area contributed by atoms with Crippen molar-refractivity contribution >= 4 is 29.3 Å². The second-order valence-electron chi connectivity index (χ2n) is 7.86. The molecule has 33 heavy (non-hydrogen) atoms. The smallest absolute Gasteiger partial charge is 0.383 e. The van der Waals surface area contributed by atoms with Crippen molar-refractivity contribution in [2.24, 2.45) is 0 Å². The van der Waals surface area contributed by atoms with Crippen LogP contribution < -0.4 is 16.4 Å². The number of nitrogens with one attached hydrogen (secondary N) is 3. The number of anilines is 3. The Hall–Kier alpha value is -3.37. The van der Waals surface area contributed by atoms with Crippen LogP contribution in [0.25, 0.3) is 0 Å². The molecule has 3 rings (SSSR count). The Morgan fingerprint density at radius 3 is 2.79 bits per heavy atom. The van der Waals surface area contributed by atoms with E-state index in [4.69, 9.17) is 11.1 Å². The van der Waals surface area contributed by atoms with Gasteiger partial charge in [0.25, 0.3) is 0 Å². The maximum Gasteiger partial charge on any atom is 0.416 e. The molecule has 0 bridgehead atoms. The van der Waals surface area contributed by atoms with Crippen molar-refractivity contribution in [3.8, 4) is 0 Å². The number of hydrogen-bond donors (Lipinski definition) is 4. The van der Waals surface area contributed by atoms with Gasteiger partial charge in [-0.1, -0.05) is 6.92 Å². The molecule has 1 aliphatic rings. The van der Waals surface area contributed by atoms with Crippen molar-refractivity contribution < 1.29 is 22.4 Å². The highest BCUT2D eigenvalue weighted by Gasteiger charge is 2.31. The van der Waals surface area contributed by atoms with Gasteiger partial charge in [-0.3, -0.25) is 4.79 Å². The molecule has 1 aromatic carbocycles. The van der Waals surface area contributed by atoms with Gasteiger partial charge in [0.05, 0.1) is 23.4 Å². The zero-order valence-electron chi connectivity index (χ0n) is 18.1. The Labute approximate surface area is 188 Å². The van der Waals surface area contributed by atoms with Crippen molar-refractivity contribution in [3.05, 3.63) is 46.9 Å². The predicted molar refractivity (Wildman–Crippen MR) is 119 cm³/mol. The normalized spacial score (nSPS) is 16.4. The SMILES string of the molecule is CCc1cnc(N)c(C=N)c1NC1CCCN(C(=O)CNc2cc(F)cc(C(F)(F)F)c2)C1. The van der Waals surface area contributed by atoms with Gasteiger partial charge in [-0.05, 0) is 43.0 Å². The Bertz CT molecular complexity index is 1030. The number of pyridine rings is 1. The summed E-state index contributed by atoms with van der Waals surface area (Å²) in [4.78, 5) is 18.4. The summed E-state index contributed by atoms with van der Waals surface area (Å²) in [7, 11) is 0. The number of nitrogen functional groups attached to an aromatic ring is 1. The number of aromatic nitrogens is 1. The largest absolute Gasteiger partial charge is 0.416 e. The number of likely N-dealkylation sites (tertiary alicyclic amines) is 1. The fourth-order valence-electron chi connectivity index (χ4n) is 3.84. The first-order valence-corrected chi connectivity index (χ1v) is 10.6. The molecule has 0 aliphatic carbocycles. The average Bonchev–Trinajstić information content (AvgIpc) is 2.77. The summed E-state index contributed by atoms with van der Waals surface area (Å²) < 4.78 is 52.2. The molecule has 178 valence electrons. The van der Waals surface area contributed by atoms with Gasteiger partial charge in [-0.25, -0.2) is 9.37 Å². The third-order valence-corrected chi connectivity index (χ3v) is 5.54. The summed E-state index contributed by atoms with van der Waals surface area (Å²) in [6, 6.07) is 2.00. The van der Waals surface area contributed by atoms with Crippen molar-refractivity contribution in [2.75, 3.05) is 36.0 Å². The van der Waals surface area contributed by atoms with Gasteiger partial charge in [-0.15, -0.1) is 0 Å². The second-order valence-corrected chi connectivity index (χ2v) is 7.86. The lowest BCUT2D eigenvalue weighted by atomic mass is 10.0. The molecule has 1 atom stereocenters. The van der Waals surface area contributed by atoms with Gasteiger partial charge < -0.3 is 26.7 Å². The second kappa shape index (κ2) is 10.1. The number of piperidine rings is 1. The number of amides is 1. The summed E-state index contributed by atoms with van der Waals surface area (Å²) in [5, 5.41) is 13.7. The van der Waals surface area contributed by atoms with Gasteiger partial charge in [0.2, 0.25) is 5.91 Å². The lowest BCUT2D eigenvalue weighted by molar-refractivity contribution is -0.137. The highest BCUT2D eigenvalue weighted by Crippen LogP contribution is 2.31. The summed E-state index contributed by atoms with van der Waals surface area (Å²) in [5.74, 6) is -1.10. The van der Waals surface area contributed by atoms with Crippen LogP contribution in [0.5, 0.6) is 0 Å². The molecule has 1 fully saturated rings. The van der Waals surface area contributed by atoms with Crippen molar-refractivity contribution in [3.63, 3.8) is 0 Å². The first kappa shape index (κ1) is 24.3. The minimum atomic E-state index is -4.68. The van der Waals surface area contributed by atoms with Gasteiger partial charge in [0, 0.05) is 37.2 Å². The maximum absolute atomic E-state index is 13.6. The van der Waals surface area contributed by atoms with Crippen LogP contribution in [0.15, 0.2) is 24.4 Å². The van der Waals surface area contributed by atoms with Crippen LogP contribution >= 0.6 is 0 Å². The van der Waals surface area contributed by atoms with E-state index < -0.39 is 17.6 Å². The van der Waals surface area contributed by atoms with E-state index in [0.29, 0.717) is 31.1 Å². The van der Waals surface area contributed by atoms with E-state index in [1.54, 1.807) is 11.1 Å². The van der Waals surface area contributed by atoms with E-state index >= 15 is 0 Å². The monoisotopic (exact) mass is 466 g/mol. The van der Waals surface area contributed by atoms with Crippen LogP contribution in [0.1, 0.15) is 36.5 Å². The lowest BCUT2D eigenvalue weighted by Gasteiger charge is -2.34. The Morgan fingerprint density at radius 1 is 1.36 bits per heavy atom. The predicted octanol–water partition coefficient (Wildman–Crippen LogP) is 3.90. The summed E-state index contributed by atoms with van der Waals surface area (Å²) in [6.45, 7) is 2.58. The van der Waals surface area contributed by atoms with Gasteiger partial charge >= 0.3 is 6.18 Å². The molecule has 0 spiro atoms. The Morgan fingerprint density at radius 2 is 2.12 bits per heavy atom. The molecule has 1 unspecified atom stereocenters. The van der Waals surface area contributed by atoms with Crippen LogP contribution in [0.3, 0.4) is 0 Å². The van der Waals surface area contributed by atoms with Gasteiger partial charge in [-0.2, -0.15) is 13.2 Å². The summed E-state index contributed by atoms with van der Waals surface area (Å²) >= 11 is 0. The third kappa shape index (κ3) is 5.91. The molecule has 1 amide bonds. The number of hydrogen-bond acceptors (Lipinski definition) is 6. The number of aryl methyl sites for hydroxylation is 1. The number of carbonyl (C=O) groups is 1. The highest BCUT2D eigenvalue weighted by molar-refractivity contribution is 5.92. The van der Waals surface area contributed by atoms with Crippen LogP contribution in [0, 0.1) is 11.2 Å². The molecule has 1 aromatic heterocycles. The number of nitrogens with two attached hydrogens (primary N) is 1. The summed E-state index contributed by atoms with van der Waals surface area (Å²) in [6.07, 6.45) is 0.325. The van der Waals surface area contributed by atoms with Crippen molar-refractivity contribution in [1.29, 1.82) is 5.41 Å². The molecule has 2 aromatic rings. The zero-order valence-corrected chi connectivity index (χ0v) is 18.1. The Balaban J connectivity index is 1.66. The molecular formula is C22H26F4N6O. The first-order chi connectivity index (χ1) is 15.6. The molecule has 0 radical (unpaired) electrons. The molecule has 0 saturated carbocycles. The minimum Gasteiger partial charge on any atom is -0.383 e. The minimum absolute atomic E-state index is 0.0977. The molecule has 2 heterocycles. The van der Waals surface area contributed by atoms with E-state index in [1.807, 2.05) is 6.92 Å². The summed E-state index contributed by atoms with van der Waals surface area (Å²) in [5.41, 5.74) is 6.79. The van der Waals surface area contributed by atoms with Crippen molar-refractivity contribution in [2.45, 2.75) is 38.4 Å². The Kier molecular flexibility index (Phi) is 7.39. The number of nitrogens with zero attached hydrogens (tertiary/aromatic N) is 2. The molecule has 7 nitrogen and oxygen atoms in total. The highest BCUT2D eigenvalue weighted by atomic mass is 19.4. The molecule has 11 heteroatoms. The fourth-order valence-corrected chi connectivity index (χ4v) is 3.84. The molecule has 1 aliphatic heterocycles. The number of halogens is 4. The van der Waals surface area contributed by atoms with Gasteiger partial charge in [0.15, 0.2) is 0 Å². The van der Waals surface area contributed by atoms with Crippen LogP contribution in [0.4, 0.5) is 34.8 Å². The first-order valence-electron chi connectivity index (χ1n) is 10.6. The van der Waals surface area contributed by atoms with E-state index in [1.165, 1.54) is 0 Å². The van der Waals surface area contributed by atoms with E-state index in [2.05, 4.69) is 15.6 Å². The standard InChI is InChI=1S/C22H26F4N6O/c1-2-13-10-30-21(28)18(9-27)20(13)31-16-4-3-5-32(12-16)19(33)11-29-17-7-14(22(24,25)26)6-15(23)8-17/h6-10,16,27,29H,2-5,11-12H2,1H3,(H3,28,30,31). The maximum atomic E-state index is 13.6.